The number of aryl methyl sites for hydroxylation is 1. The predicted octanol–water partition coefficient (Wildman–Crippen LogP) is 4.16. The maximum absolute atomic E-state index is 10.3. The van der Waals surface area contributed by atoms with Crippen LogP contribution in [0.4, 0.5) is 0 Å². The van der Waals surface area contributed by atoms with Crippen molar-refractivity contribution in [3.63, 3.8) is 0 Å². The minimum absolute atomic E-state index is 0.572. The van der Waals surface area contributed by atoms with Crippen LogP contribution in [0.5, 0.6) is 5.75 Å². The number of hydrogen-bond donors (Lipinski definition) is 1. The molecule has 0 saturated heterocycles. The molecule has 0 aliphatic rings. The third-order valence-corrected chi connectivity index (χ3v) is 4.69. The van der Waals surface area contributed by atoms with E-state index in [0.29, 0.717) is 0 Å². The first-order valence-electron chi connectivity index (χ1n) is 5.75. The fourth-order valence-corrected chi connectivity index (χ4v) is 3.27. The van der Waals surface area contributed by atoms with Crippen molar-refractivity contribution in [1.82, 2.24) is 0 Å². The van der Waals surface area contributed by atoms with E-state index in [2.05, 4.69) is 28.9 Å². The van der Waals surface area contributed by atoms with Gasteiger partial charge in [0.05, 0.1) is 11.6 Å². The van der Waals surface area contributed by atoms with E-state index in [9.17, 15) is 5.11 Å². The van der Waals surface area contributed by atoms with Crippen molar-refractivity contribution >= 4 is 27.3 Å². The number of aliphatic hydroxyl groups excluding tert-OH is 1. The van der Waals surface area contributed by atoms with Gasteiger partial charge in [0.15, 0.2) is 0 Å². The van der Waals surface area contributed by atoms with Gasteiger partial charge in [0.1, 0.15) is 11.9 Å². The van der Waals surface area contributed by atoms with Gasteiger partial charge in [0.25, 0.3) is 0 Å². The molecule has 1 aromatic carbocycles. The predicted molar refractivity (Wildman–Crippen MR) is 78.5 cm³/mol. The fourth-order valence-electron chi connectivity index (χ4n) is 1.75. The Morgan fingerprint density at radius 2 is 2.11 bits per heavy atom. The Morgan fingerprint density at radius 1 is 1.33 bits per heavy atom. The molecule has 0 amide bonds. The van der Waals surface area contributed by atoms with E-state index >= 15 is 0 Å². The number of hydrogen-bond acceptors (Lipinski definition) is 3. The summed E-state index contributed by atoms with van der Waals surface area (Å²) in [5.41, 5.74) is 0.868. The zero-order valence-corrected chi connectivity index (χ0v) is 12.7. The van der Waals surface area contributed by atoms with Crippen LogP contribution in [0.3, 0.4) is 0 Å². The molecule has 0 bridgehead atoms. The number of thiophene rings is 1. The average molecular weight is 327 g/mol. The number of rotatable bonds is 4. The van der Waals surface area contributed by atoms with E-state index in [4.69, 9.17) is 4.74 Å². The summed E-state index contributed by atoms with van der Waals surface area (Å²) in [6.45, 7) is 2.12. The van der Waals surface area contributed by atoms with Gasteiger partial charge in [-0.25, -0.2) is 0 Å². The maximum Gasteiger partial charge on any atom is 0.133 e. The van der Waals surface area contributed by atoms with Crippen LogP contribution < -0.4 is 4.74 Å². The Labute approximate surface area is 119 Å². The summed E-state index contributed by atoms with van der Waals surface area (Å²) in [6, 6.07) is 9.71. The first-order chi connectivity index (χ1) is 8.65. The van der Waals surface area contributed by atoms with Crippen LogP contribution in [0.25, 0.3) is 0 Å². The van der Waals surface area contributed by atoms with Crippen LogP contribution in [0.2, 0.25) is 0 Å². The largest absolute Gasteiger partial charge is 0.496 e. The minimum Gasteiger partial charge on any atom is -0.496 e. The van der Waals surface area contributed by atoms with E-state index in [0.717, 1.165) is 27.1 Å². The highest BCUT2D eigenvalue weighted by Gasteiger charge is 2.14. The summed E-state index contributed by atoms with van der Waals surface area (Å²) in [5, 5.41) is 10.3. The van der Waals surface area contributed by atoms with Gasteiger partial charge in [-0.15, -0.1) is 11.3 Å². The minimum atomic E-state index is -0.572. The molecule has 1 unspecified atom stereocenters. The number of benzene rings is 1. The van der Waals surface area contributed by atoms with E-state index in [-0.39, 0.29) is 0 Å². The second-order valence-corrected chi connectivity index (χ2v) is 6.01. The number of aliphatic hydroxyl groups is 1. The van der Waals surface area contributed by atoms with Crippen molar-refractivity contribution in [2.45, 2.75) is 19.4 Å². The zero-order valence-electron chi connectivity index (χ0n) is 10.3. The van der Waals surface area contributed by atoms with Crippen LogP contribution in [0.15, 0.2) is 34.8 Å². The molecule has 2 aromatic rings. The third-order valence-electron chi connectivity index (χ3n) is 2.79. The van der Waals surface area contributed by atoms with E-state index < -0.39 is 6.10 Å². The molecular formula is C14H15BrO2S. The summed E-state index contributed by atoms with van der Waals surface area (Å²) < 4.78 is 6.04. The standard InChI is InChI=1S/C14H15BrO2S/c1-3-10-5-7-13(18-10)14(16)9-4-6-12(17-2)11(15)8-9/h4-8,14,16H,3H2,1-2H3. The van der Waals surface area contributed by atoms with Gasteiger partial charge in [-0.2, -0.15) is 0 Å². The molecule has 0 spiro atoms. The molecule has 0 aliphatic carbocycles. The lowest BCUT2D eigenvalue weighted by Gasteiger charge is -2.11. The van der Waals surface area contributed by atoms with E-state index in [1.54, 1.807) is 18.4 Å². The SMILES string of the molecule is CCc1ccc(C(O)c2ccc(OC)c(Br)c2)s1. The first-order valence-corrected chi connectivity index (χ1v) is 7.36. The lowest BCUT2D eigenvalue weighted by Crippen LogP contribution is -1.97. The third kappa shape index (κ3) is 2.76. The van der Waals surface area contributed by atoms with Gasteiger partial charge in [-0.3, -0.25) is 0 Å². The lowest BCUT2D eigenvalue weighted by molar-refractivity contribution is 0.224. The molecule has 96 valence electrons. The van der Waals surface area contributed by atoms with Crippen LogP contribution in [0.1, 0.15) is 28.3 Å². The van der Waals surface area contributed by atoms with Gasteiger partial charge < -0.3 is 9.84 Å². The van der Waals surface area contributed by atoms with Gasteiger partial charge >= 0.3 is 0 Å². The van der Waals surface area contributed by atoms with E-state index in [1.165, 1.54) is 4.88 Å². The van der Waals surface area contributed by atoms with Gasteiger partial charge in [-0.1, -0.05) is 13.0 Å². The molecule has 4 heteroatoms. The van der Waals surface area contributed by atoms with Crippen molar-refractivity contribution in [3.05, 3.63) is 50.1 Å². The Hall–Kier alpha value is -0.840. The second-order valence-electron chi connectivity index (χ2n) is 3.95. The average Bonchev–Trinajstić information content (AvgIpc) is 2.86. The highest BCUT2D eigenvalue weighted by molar-refractivity contribution is 9.10. The van der Waals surface area contributed by atoms with Crippen molar-refractivity contribution in [2.75, 3.05) is 7.11 Å². The van der Waals surface area contributed by atoms with E-state index in [1.807, 2.05) is 24.3 Å². The molecule has 2 nitrogen and oxygen atoms in total. The van der Waals surface area contributed by atoms with Crippen LogP contribution >= 0.6 is 27.3 Å². The molecular weight excluding hydrogens is 312 g/mol. The normalized spacial score (nSPS) is 12.4. The molecule has 0 radical (unpaired) electrons. The summed E-state index contributed by atoms with van der Waals surface area (Å²) >= 11 is 5.09. The second kappa shape index (κ2) is 5.87. The Balaban J connectivity index is 2.27. The molecule has 0 saturated carbocycles. The van der Waals surface area contributed by atoms with Gasteiger partial charge in [-0.05, 0) is 52.2 Å². The Bertz CT molecular complexity index is 536. The summed E-state index contributed by atoms with van der Waals surface area (Å²) in [6.07, 6.45) is 0.432. The maximum atomic E-state index is 10.3. The van der Waals surface area contributed by atoms with Crippen LogP contribution in [-0.4, -0.2) is 12.2 Å². The zero-order chi connectivity index (χ0) is 13.1. The van der Waals surface area contributed by atoms with Crippen molar-refractivity contribution in [1.29, 1.82) is 0 Å². The first kappa shape index (κ1) is 13.6. The lowest BCUT2D eigenvalue weighted by atomic mass is 10.1. The van der Waals surface area contributed by atoms with Gasteiger partial charge in [0, 0.05) is 9.75 Å². The smallest absolute Gasteiger partial charge is 0.133 e. The molecule has 1 N–H and O–H groups in total. The quantitative estimate of drug-likeness (QED) is 0.913. The monoisotopic (exact) mass is 326 g/mol. The molecule has 18 heavy (non-hydrogen) atoms. The van der Waals surface area contributed by atoms with Crippen molar-refractivity contribution in [3.8, 4) is 5.75 Å². The molecule has 0 aliphatic heterocycles. The summed E-state index contributed by atoms with van der Waals surface area (Å²) in [4.78, 5) is 2.26. The molecule has 1 atom stereocenters. The Morgan fingerprint density at radius 3 is 2.67 bits per heavy atom. The number of ether oxygens (including phenoxy) is 1. The topological polar surface area (TPSA) is 29.5 Å². The van der Waals surface area contributed by atoms with Gasteiger partial charge in [0.2, 0.25) is 0 Å². The molecule has 1 aromatic heterocycles. The highest BCUT2D eigenvalue weighted by Crippen LogP contribution is 2.33. The summed E-state index contributed by atoms with van der Waals surface area (Å²) in [7, 11) is 1.63. The molecule has 0 fully saturated rings. The number of halogens is 1. The number of methoxy groups -OCH3 is 1. The fraction of sp³-hybridized carbons (Fsp3) is 0.286. The van der Waals surface area contributed by atoms with Crippen molar-refractivity contribution in [2.24, 2.45) is 0 Å². The highest BCUT2D eigenvalue weighted by atomic mass is 79.9. The van der Waals surface area contributed by atoms with Crippen LogP contribution in [0, 0.1) is 0 Å². The van der Waals surface area contributed by atoms with Crippen molar-refractivity contribution < 1.29 is 9.84 Å². The van der Waals surface area contributed by atoms with Crippen LogP contribution in [-0.2, 0) is 6.42 Å². The molecule has 1 heterocycles. The molecule has 2 rings (SSSR count). The summed E-state index contributed by atoms with van der Waals surface area (Å²) in [5.74, 6) is 0.770. The Kier molecular flexibility index (Phi) is 4.43.